The van der Waals surface area contributed by atoms with E-state index in [1.807, 2.05) is 18.2 Å². The highest BCUT2D eigenvalue weighted by atomic mass is 16.6. The quantitative estimate of drug-likeness (QED) is 0.811. The minimum atomic E-state index is 0.253. The third-order valence-corrected chi connectivity index (χ3v) is 2.66. The number of benzene rings is 1. The Morgan fingerprint density at radius 1 is 1.44 bits per heavy atom. The van der Waals surface area contributed by atoms with Gasteiger partial charge in [0.15, 0.2) is 0 Å². The summed E-state index contributed by atoms with van der Waals surface area (Å²) in [5, 5.41) is 0. The van der Waals surface area contributed by atoms with Gasteiger partial charge < -0.3 is 19.9 Å². The molecule has 88 valence electrons. The molecule has 4 heteroatoms. The van der Waals surface area contributed by atoms with Crippen molar-refractivity contribution in [2.24, 2.45) is 5.73 Å². The molecule has 1 aromatic carbocycles. The van der Waals surface area contributed by atoms with Crippen LogP contribution < -0.4 is 10.5 Å². The Balaban J connectivity index is 1.97. The molecule has 0 atom stereocenters. The maximum absolute atomic E-state index is 5.65. The van der Waals surface area contributed by atoms with Gasteiger partial charge in [0.05, 0.1) is 26.9 Å². The Morgan fingerprint density at radius 3 is 2.81 bits per heavy atom. The van der Waals surface area contributed by atoms with Crippen molar-refractivity contribution >= 4 is 0 Å². The first kappa shape index (κ1) is 11.4. The van der Waals surface area contributed by atoms with Crippen molar-refractivity contribution in [2.45, 2.75) is 19.3 Å². The van der Waals surface area contributed by atoms with Crippen LogP contribution in [0.15, 0.2) is 18.2 Å². The summed E-state index contributed by atoms with van der Waals surface area (Å²) in [7, 11) is 1.65. The third kappa shape index (κ3) is 2.52. The highest BCUT2D eigenvalue weighted by molar-refractivity contribution is 5.36. The summed E-state index contributed by atoms with van der Waals surface area (Å²) >= 11 is 0. The minimum Gasteiger partial charge on any atom is -0.496 e. The Labute approximate surface area is 95.3 Å². The van der Waals surface area contributed by atoms with Gasteiger partial charge in [0.2, 0.25) is 0 Å². The molecular weight excluding hydrogens is 206 g/mol. The lowest BCUT2D eigenvalue weighted by Gasteiger charge is -2.26. The van der Waals surface area contributed by atoms with E-state index in [0.29, 0.717) is 26.4 Å². The lowest BCUT2D eigenvalue weighted by Crippen LogP contribution is -2.35. The first-order chi connectivity index (χ1) is 7.83. The zero-order chi connectivity index (χ0) is 11.4. The summed E-state index contributed by atoms with van der Waals surface area (Å²) in [5.41, 5.74) is 7.77. The van der Waals surface area contributed by atoms with E-state index in [-0.39, 0.29) is 6.10 Å². The van der Waals surface area contributed by atoms with Crippen LogP contribution in [-0.4, -0.2) is 26.4 Å². The second-order valence-electron chi connectivity index (χ2n) is 3.82. The topological polar surface area (TPSA) is 53.7 Å². The number of hydrogen-bond donors (Lipinski definition) is 1. The van der Waals surface area contributed by atoms with Crippen molar-refractivity contribution in [1.82, 2.24) is 0 Å². The molecule has 0 radical (unpaired) electrons. The second kappa shape index (κ2) is 5.30. The Hall–Kier alpha value is -1.10. The molecule has 1 aliphatic rings. The van der Waals surface area contributed by atoms with Crippen LogP contribution >= 0.6 is 0 Å². The predicted molar refractivity (Wildman–Crippen MR) is 60.3 cm³/mol. The molecule has 0 saturated carbocycles. The summed E-state index contributed by atoms with van der Waals surface area (Å²) < 4.78 is 15.9. The van der Waals surface area contributed by atoms with E-state index in [1.54, 1.807) is 7.11 Å². The normalized spacial score (nSPS) is 15.9. The van der Waals surface area contributed by atoms with E-state index in [1.165, 1.54) is 0 Å². The maximum Gasteiger partial charge on any atom is 0.123 e. The van der Waals surface area contributed by atoms with Crippen LogP contribution in [0.3, 0.4) is 0 Å². The van der Waals surface area contributed by atoms with E-state index in [0.717, 1.165) is 16.9 Å². The Kier molecular flexibility index (Phi) is 3.77. The van der Waals surface area contributed by atoms with Crippen LogP contribution in [0, 0.1) is 0 Å². The molecule has 1 saturated heterocycles. The van der Waals surface area contributed by atoms with Crippen molar-refractivity contribution in [3.05, 3.63) is 29.3 Å². The van der Waals surface area contributed by atoms with E-state index < -0.39 is 0 Å². The average molecular weight is 223 g/mol. The van der Waals surface area contributed by atoms with E-state index >= 15 is 0 Å². The molecule has 0 aliphatic carbocycles. The van der Waals surface area contributed by atoms with E-state index in [9.17, 15) is 0 Å². The number of rotatable bonds is 5. The van der Waals surface area contributed by atoms with E-state index in [2.05, 4.69) is 0 Å². The van der Waals surface area contributed by atoms with Crippen molar-refractivity contribution < 1.29 is 14.2 Å². The van der Waals surface area contributed by atoms with Gasteiger partial charge in [-0.05, 0) is 17.7 Å². The van der Waals surface area contributed by atoms with Gasteiger partial charge in [-0.15, -0.1) is 0 Å². The Morgan fingerprint density at radius 2 is 2.25 bits per heavy atom. The third-order valence-electron chi connectivity index (χ3n) is 2.66. The predicted octanol–water partition coefficient (Wildman–Crippen LogP) is 1.07. The Bertz CT molecular complexity index is 350. The summed E-state index contributed by atoms with van der Waals surface area (Å²) in [5.74, 6) is 0.832. The van der Waals surface area contributed by atoms with Crippen molar-refractivity contribution in [2.75, 3.05) is 20.3 Å². The average Bonchev–Trinajstić information content (AvgIpc) is 2.26. The van der Waals surface area contributed by atoms with Crippen molar-refractivity contribution in [3.8, 4) is 5.75 Å². The molecular formula is C12H17NO3. The number of ether oxygens (including phenoxy) is 3. The molecule has 4 nitrogen and oxygen atoms in total. The van der Waals surface area contributed by atoms with Crippen molar-refractivity contribution in [3.63, 3.8) is 0 Å². The number of nitrogens with two attached hydrogens (primary N) is 1. The number of hydrogen-bond acceptors (Lipinski definition) is 4. The zero-order valence-electron chi connectivity index (χ0n) is 9.44. The molecule has 0 aromatic heterocycles. The first-order valence-electron chi connectivity index (χ1n) is 5.38. The second-order valence-corrected chi connectivity index (χ2v) is 3.82. The van der Waals surface area contributed by atoms with Gasteiger partial charge in [0, 0.05) is 12.1 Å². The molecule has 1 fully saturated rings. The van der Waals surface area contributed by atoms with Gasteiger partial charge in [-0.25, -0.2) is 0 Å². The van der Waals surface area contributed by atoms with E-state index in [4.69, 9.17) is 19.9 Å². The highest BCUT2D eigenvalue weighted by Gasteiger charge is 2.18. The molecule has 1 aromatic rings. The highest BCUT2D eigenvalue weighted by Crippen LogP contribution is 2.20. The monoisotopic (exact) mass is 223 g/mol. The fourth-order valence-electron chi connectivity index (χ4n) is 1.61. The lowest BCUT2D eigenvalue weighted by molar-refractivity contribution is -0.135. The SMILES string of the molecule is COc1ccc(COC2COC2)cc1CN. The van der Waals surface area contributed by atoms with Crippen LogP contribution in [-0.2, 0) is 22.6 Å². The smallest absolute Gasteiger partial charge is 0.123 e. The summed E-state index contributed by atoms with van der Waals surface area (Å²) in [6.07, 6.45) is 0.253. The maximum atomic E-state index is 5.65. The van der Waals surface area contributed by atoms with Crippen LogP contribution in [0.4, 0.5) is 0 Å². The van der Waals surface area contributed by atoms with Gasteiger partial charge in [-0.3, -0.25) is 0 Å². The van der Waals surface area contributed by atoms with Gasteiger partial charge in [-0.1, -0.05) is 6.07 Å². The lowest BCUT2D eigenvalue weighted by atomic mass is 10.1. The first-order valence-corrected chi connectivity index (χ1v) is 5.38. The fraction of sp³-hybridized carbons (Fsp3) is 0.500. The molecule has 0 bridgehead atoms. The molecule has 0 spiro atoms. The summed E-state index contributed by atoms with van der Waals surface area (Å²) in [6, 6.07) is 5.95. The summed E-state index contributed by atoms with van der Waals surface area (Å²) in [4.78, 5) is 0. The van der Waals surface area contributed by atoms with Gasteiger partial charge in [0.1, 0.15) is 11.9 Å². The van der Waals surface area contributed by atoms with Crippen molar-refractivity contribution in [1.29, 1.82) is 0 Å². The minimum absolute atomic E-state index is 0.253. The molecule has 16 heavy (non-hydrogen) atoms. The molecule has 1 heterocycles. The van der Waals surface area contributed by atoms with Gasteiger partial charge >= 0.3 is 0 Å². The van der Waals surface area contributed by atoms with Gasteiger partial charge in [0.25, 0.3) is 0 Å². The van der Waals surface area contributed by atoms with Gasteiger partial charge in [-0.2, -0.15) is 0 Å². The molecule has 0 amide bonds. The molecule has 2 N–H and O–H groups in total. The van der Waals surface area contributed by atoms with Crippen LogP contribution in [0.25, 0.3) is 0 Å². The van der Waals surface area contributed by atoms with Crippen LogP contribution in [0.2, 0.25) is 0 Å². The van der Waals surface area contributed by atoms with Crippen LogP contribution in [0.5, 0.6) is 5.75 Å². The molecule has 2 rings (SSSR count). The fourth-order valence-corrected chi connectivity index (χ4v) is 1.61. The largest absolute Gasteiger partial charge is 0.496 e. The number of methoxy groups -OCH3 is 1. The standard InChI is InChI=1S/C12H17NO3/c1-14-12-3-2-9(4-10(12)5-13)6-16-11-7-15-8-11/h2-4,11H,5-8,13H2,1H3. The van der Waals surface area contributed by atoms with Crippen LogP contribution in [0.1, 0.15) is 11.1 Å². The molecule has 1 aliphatic heterocycles. The zero-order valence-corrected chi connectivity index (χ0v) is 9.44. The molecule has 0 unspecified atom stereocenters. The summed E-state index contributed by atoms with van der Waals surface area (Å²) in [6.45, 7) is 2.49.